The Kier molecular flexibility index (Phi) is 2.83. The summed E-state index contributed by atoms with van der Waals surface area (Å²) in [5.41, 5.74) is 0.796. The summed E-state index contributed by atoms with van der Waals surface area (Å²) < 4.78 is 11.3. The molecule has 1 aromatic heterocycles. The number of carbonyl (C=O) groups is 2. The fourth-order valence-electron chi connectivity index (χ4n) is 2.81. The zero-order valence-electron chi connectivity index (χ0n) is 12.1. The lowest BCUT2D eigenvalue weighted by atomic mass is 9.87. The lowest BCUT2D eigenvalue weighted by molar-refractivity contribution is 0.0502. The second-order valence-corrected chi connectivity index (χ2v) is 5.68. The van der Waals surface area contributed by atoms with Gasteiger partial charge in [-0.1, -0.05) is 6.92 Å². The van der Waals surface area contributed by atoms with Crippen LogP contribution in [-0.4, -0.2) is 22.5 Å². The molecule has 0 saturated carbocycles. The molecule has 3 rings (SSSR count). The van der Waals surface area contributed by atoms with E-state index in [2.05, 4.69) is 0 Å². The van der Waals surface area contributed by atoms with Crippen molar-refractivity contribution in [3.05, 3.63) is 29.0 Å². The molecule has 1 aromatic carbocycles. The Morgan fingerprint density at radius 1 is 1.43 bits per heavy atom. The average Bonchev–Trinajstić information content (AvgIpc) is 2.76. The third-order valence-corrected chi connectivity index (χ3v) is 4.17. The van der Waals surface area contributed by atoms with Gasteiger partial charge >= 0.3 is 5.97 Å². The summed E-state index contributed by atoms with van der Waals surface area (Å²) in [4.78, 5) is 23.7. The first-order valence-electron chi connectivity index (χ1n) is 6.88. The Labute approximate surface area is 121 Å². The van der Waals surface area contributed by atoms with Gasteiger partial charge in [0, 0.05) is 10.9 Å². The number of aryl methyl sites for hydroxylation is 1. The number of hydrogen-bond donors (Lipinski definition) is 1. The molecular formula is C16H16O5. The van der Waals surface area contributed by atoms with Crippen molar-refractivity contribution in [3.63, 3.8) is 0 Å². The molecule has 1 aliphatic rings. The molecule has 0 radical (unpaired) electrons. The molecule has 1 N–H and O–H groups in total. The van der Waals surface area contributed by atoms with Gasteiger partial charge in [-0.3, -0.25) is 4.79 Å². The van der Waals surface area contributed by atoms with Crippen molar-refractivity contribution in [3.8, 4) is 5.75 Å². The highest BCUT2D eigenvalue weighted by Crippen LogP contribution is 2.41. The maximum atomic E-state index is 12.5. The van der Waals surface area contributed by atoms with Gasteiger partial charge in [0.2, 0.25) is 5.76 Å². The normalized spacial score (nSPS) is 21.2. The highest BCUT2D eigenvalue weighted by atomic mass is 16.5. The summed E-state index contributed by atoms with van der Waals surface area (Å²) in [5.74, 6) is -0.800. The number of rotatable bonds is 2. The Morgan fingerprint density at radius 2 is 2.14 bits per heavy atom. The number of hydrogen-bond acceptors (Lipinski definition) is 4. The van der Waals surface area contributed by atoms with Crippen LogP contribution < -0.4 is 4.74 Å². The molecule has 5 nitrogen and oxygen atoms in total. The number of furan rings is 1. The summed E-state index contributed by atoms with van der Waals surface area (Å²) in [7, 11) is 0. The van der Waals surface area contributed by atoms with Gasteiger partial charge in [0.1, 0.15) is 16.9 Å². The first kappa shape index (κ1) is 13.7. The minimum Gasteiger partial charge on any atom is -0.486 e. The van der Waals surface area contributed by atoms with Crippen LogP contribution in [0.1, 0.15) is 53.2 Å². The highest BCUT2D eigenvalue weighted by molar-refractivity contribution is 6.13. The maximum Gasteiger partial charge on any atom is 0.372 e. The largest absolute Gasteiger partial charge is 0.486 e. The van der Waals surface area contributed by atoms with Crippen molar-refractivity contribution >= 4 is 22.7 Å². The minimum absolute atomic E-state index is 0.0351. The van der Waals surface area contributed by atoms with Crippen molar-refractivity contribution in [2.24, 2.45) is 0 Å². The van der Waals surface area contributed by atoms with Gasteiger partial charge in [0.25, 0.3) is 0 Å². The van der Waals surface area contributed by atoms with E-state index in [1.165, 1.54) is 0 Å². The number of ketones is 1. The Balaban J connectivity index is 2.29. The number of fused-ring (bicyclic) bond motifs is 3. The van der Waals surface area contributed by atoms with E-state index < -0.39 is 11.6 Å². The first-order valence-corrected chi connectivity index (χ1v) is 6.88. The molecule has 0 amide bonds. The Morgan fingerprint density at radius 3 is 2.76 bits per heavy atom. The van der Waals surface area contributed by atoms with Crippen LogP contribution in [0.2, 0.25) is 0 Å². The van der Waals surface area contributed by atoms with E-state index in [1.807, 2.05) is 13.8 Å². The van der Waals surface area contributed by atoms with Gasteiger partial charge in [-0.05, 0) is 32.4 Å². The van der Waals surface area contributed by atoms with Gasteiger partial charge in [0.05, 0.1) is 12.0 Å². The molecule has 21 heavy (non-hydrogen) atoms. The van der Waals surface area contributed by atoms with E-state index in [0.717, 1.165) is 6.42 Å². The zero-order chi connectivity index (χ0) is 15.4. The molecule has 1 aliphatic heterocycles. The third-order valence-electron chi connectivity index (χ3n) is 4.17. The number of aromatic carboxylic acids is 1. The van der Waals surface area contributed by atoms with Crippen LogP contribution in [-0.2, 0) is 0 Å². The number of carboxylic acid groups (broad SMARTS) is 1. The summed E-state index contributed by atoms with van der Waals surface area (Å²) >= 11 is 0. The summed E-state index contributed by atoms with van der Waals surface area (Å²) in [5, 5.41) is 9.70. The second kappa shape index (κ2) is 4.35. The van der Waals surface area contributed by atoms with Gasteiger partial charge in [-0.2, -0.15) is 0 Å². The van der Waals surface area contributed by atoms with E-state index in [1.54, 1.807) is 19.1 Å². The van der Waals surface area contributed by atoms with Crippen LogP contribution in [0.5, 0.6) is 5.75 Å². The van der Waals surface area contributed by atoms with E-state index >= 15 is 0 Å². The third kappa shape index (κ3) is 1.92. The topological polar surface area (TPSA) is 76.7 Å². The smallest absolute Gasteiger partial charge is 0.372 e. The lowest BCUT2D eigenvalue weighted by Gasteiger charge is -2.34. The van der Waals surface area contributed by atoms with Crippen molar-refractivity contribution in [2.75, 3.05) is 0 Å². The van der Waals surface area contributed by atoms with E-state index in [0.29, 0.717) is 27.8 Å². The Bertz CT molecular complexity index is 771. The fraction of sp³-hybridized carbons (Fsp3) is 0.375. The van der Waals surface area contributed by atoms with Crippen LogP contribution >= 0.6 is 0 Å². The predicted molar refractivity (Wildman–Crippen MR) is 76.2 cm³/mol. The van der Waals surface area contributed by atoms with Crippen molar-refractivity contribution in [2.45, 2.75) is 39.2 Å². The van der Waals surface area contributed by atoms with E-state index in [4.69, 9.17) is 14.3 Å². The SMILES string of the molecule is CC[C@]1(C)CC(=O)c2c(ccc3oc(C(=O)O)c(C)c23)O1. The quantitative estimate of drug-likeness (QED) is 0.914. The summed E-state index contributed by atoms with van der Waals surface area (Å²) in [6.07, 6.45) is 1.00. The van der Waals surface area contributed by atoms with Gasteiger partial charge in [-0.15, -0.1) is 0 Å². The molecule has 2 aromatic rings. The van der Waals surface area contributed by atoms with Crippen LogP contribution in [0.15, 0.2) is 16.5 Å². The van der Waals surface area contributed by atoms with Crippen LogP contribution in [0, 0.1) is 6.92 Å². The number of Topliss-reactive ketones (excluding diaryl/α,β-unsaturated/α-hetero) is 1. The van der Waals surface area contributed by atoms with Crippen molar-refractivity contribution in [1.29, 1.82) is 0 Å². The predicted octanol–water partition coefficient (Wildman–Crippen LogP) is 3.57. The van der Waals surface area contributed by atoms with Crippen LogP contribution in [0.3, 0.4) is 0 Å². The van der Waals surface area contributed by atoms with E-state index in [-0.39, 0.29) is 18.0 Å². The molecule has 1 atom stereocenters. The van der Waals surface area contributed by atoms with Gasteiger partial charge in [0.15, 0.2) is 5.78 Å². The maximum absolute atomic E-state index is 12.5. The number of carbonyl (C=O) groups excluding carboxylic acids is 1. The monoisotopic (exact) mass is 288 g/mol. The standard InChI is InChI=1S/C16H16O5/c1-4-16(3)7-9(17)13-11(21-16)6-5-10-12(13)8(2)14(20-10)15(18)19/h5-6H,4,7H2,1-3H3,(H,18,19)/t16-/m1/s1. The molecule has 2 heterocycles. The number of benzene rings is 1. The zero-order valence-corrected chi connectivity index (χ0v) is 12.1. The lowest BCUT2D eigenvalue weighted by Crippen LogP contribution is -2.38. The molecule has 0 spiro atoms. The molecule has 0 saturated heterocycles. The summed E-state index contributed by atoms with van der Waals surface area (Å²) in [6, 6.07) is 3.33. The molecular weight excluding hydrogens is 272 g/mol. The van der Waals surface area contributed by atoms with Gasteiger partial charge < -0.3 is 14.3 Å². The van der Waals surface area contributed by atoms with Gasteiger partial charge in [-0.25, -0.2) is 4.79 Å². The molecule has 0 aliphatic carbocycles. The molecule has 5 heteroatoms. The first-order chi connectivity index (χ1) is 9.86. The molecule has 110 valence electrons. The van der Waals surface area contributed by atoms with Crippen molar-refractivity contribution in [1.82, 2.24) is 0 Å². The van der Waals surface area contributed by atoms with Crippen LogP contribution in [0.4, 0.5) is 0 Å². The molecule has 0 fully saturated rings. The number of ether oxygens (including phenoxy) is 1. The molecule has 0 bridgehead atoms. The van der Waals surface area contributed by atoms with Crippen LogP contribution in [0.25, 0.3) is 11.0 Å². The minimum atomic E-state index is -1.14. The number of carboxylic acids is 1. The molecule has 0 unspecified atom stereocenters. The average molecular weight is 288 g/mol. The summed E-state index contributed by atoms with van der Waals surface area (Å²) in [6.45, 7) is 5.53. The van der Waals surface area contributed by atoms with Crippen molar-refractivity contribution < 1.29 is 23.8 Å². The second-order valence-electron chi connectivity index (χ2n) is 5.68. The fourth-order valence-corrected chi connectivity index (χ4v) is 2.81. The van der Waals surface area contributed by atoms with E-state index in [9.17, 15) is 9.59 Å². The Hall–Kier alpha value is -2.30. The highest BCUT2D eigenvalue weighted by Gasteiger charge is 2.37.